The molecule has 2 aromatic rings. The summed E-state index contributed by atoms with van der Waals surface area (Å²) < 4.78 is 109. The highest BCUT2D eigenvalue weighted by atomic mass is 19.4. The van der Waals surface area contributed by atoms with Crippen molar-refractivity contribution in [2.24, 2.45) is 5.92 Å². The number of halogens is 8. The zero-order chi connectivity index (χ0) is 29.8. The molecule has 3 N–H and O–H groups in total. The number of H-pyrrole nitrogens is 1. The maximum Gasteiger partial charge on any atom is 0.405 e. The normalized spacial score (nSPS) is 24.0. The molecule has 0 saturated heterocycles. The minimum Gasteiger partial charge on any atom is -0.346 e. The van der Waals surface area contributed by atoms with Crippen LogP contribution in [0.4, 0.5) is 35.1 Å². The molecule has 5 rings (SSSR count). The lowest BCUT2D eigenvalue weighted by Crippen LogP contribution is -2.50. The number of imidazole rings is 1. The molecule has 2 heterocycles. The van der Waals surface area contributed by atoms with E-state index in [1.54, 1.807) is 5.32 Å². The van der Waals surface area contributed by atoms with Crippen molar-refractivity contribution < 1.29 is 44.7 Å². The molecule has 0 bridgehead atoms. The molecule has 226 valence electrons. The Labute approximate surface area is 229 Å². The maximum atomic E-state index is 14.5. The number of hydrogen-bond acceptors (Lipinski definition) is 4. The van der Waals surface area contributed by atoms with Gasteiger partial charge in [0.15, 0.2) is 11.3 Å². The fourth-order valence-electron chi connectivity index (χ4n) is 5.73. The fraction of sp³-hybridized carbons (Fsp3) is 0.692. The highest BCUT2D eigenvalue weighted by molar-refractivity contribution is 5.89. The van der Waals surface area contributed by atoms with Crippen molar-refractivity contribution in [3.63, 3.8) is 0 Å². The zero-order valence-corrected chi connectivity index (χ0v) is 21.8. The summed E-state index contributed by atoms with van der Waals surface area (Å²) >= 11 is 0. The van der Waals surface area contributed by atoms with Crippen LogP contribution in [0.1, 0.15) is 81.8 Å². The van der Waals surface area contributed by atoms with Gasteiger partial charge in [-0.3, -0.25) is 9.59 Å². The fourth-order valence-corrected chi connectivity index (χ4v) is 5.73. The van der Waals surface area contributed by atoms with E-state index >= 15 is 0 Å². The van der Waals surface area contributed by atoms with Gasteiger partial charge in [0.1, 0.15) is 12.4 Å². The van der Waals surface area contributed by atoms with E-state index in [-0.39, 0.29) is 48.4 Å². The molecule has 0 aromatic carbocycles. The average molecular weight is 596 g/mol. The molecule has 15 heteroatoms. The number of nitrogens with zero attached hydrogens (tertiary/aromatic N) is 2. The molecule has 3 aliphatic rings. The SMILES string of the molecule is O=C(N[C@H](c1nc2nc(C3(C(=O)NCC(F)(F)F)CCC(F)(F)CC3)ccc2[nH]1)C1CCC(F)(F)CC1)C1(F)CC1. The highest BCUT2D eigenvalue weighted by Gasteiger charge is 2.53. The van der Waals surface area contributed by atoms with Gasteiger partial charge in [0.25, 0.3) is 5.91 Å². The number of rotatable bonds is 7. The Morgan fingerprint density at radius 2 is 1.49 bits per heavy atom. The number of aromatic nitrogens is 3. The minimum absolute atomic E-state index is 0.0143. The summed E-state index contributed by atoms with van der Waals surface area (Å²) in [5.74, 6) is -8.29. The maximum absolute atomic E-state index is 14.5. The average Bonchev–Trinajstić information content (AvgIpc) is 3.50. The first-order valence-electron chi connectivity index (χ1n) is 13.5. The summed E-state index contributed by atoms with van der Waals surface area (Å²) in [6.45, 7) is -1.64. The van der Waals surface area contributed by atoms with E-state index in [0.29, 0.717) is 0 Å². The zero-order valence-electron chi connectivity index (χ0n) is 21.8. The topological polar surface area (TPSA) is 99.8 Å². The van der Waals surface area contributed by atoms with Gasteiger partial charge in [-0.15, -0.1) is 0 Å². The standard InChI is InChI=1S/C26H29F8N5O2/c27-23(9-10-23)21(41)38-17(14-3-5-24(28,29)6-4-14)19-36-15-1-2-16(37-18(15)39-19)22(7-11-25(30,31)12-8-22)20(40)35-13-26(32,33)34/h1-2,14,17H,3-13H2,(H,35,40)(H,38,41)(H,36,37,39)/t17-/m0/s1. The lowest BCUT2D eigenvalue weighted by Gasteiger charge is -2.38. The third kappa shape index (κ3) is 6.27. The third-order valence-corrected chi connectivity index (χ3v) is 8.48. The van der Waals surface area contributed by atoms with Gasteiger partial charge in [0.2, 0.25) is 17.8 Å². The van der Waals surface area contributed by atoms with Crippen LogP contribution < -0.4 is 10.6 Å². The second kappa shape index (κ2) is 10.1. The summed E-state index contributed by atoms with van der Waals surface area (Å²) in [6, 6.07) is 1.82. The molecular weight excluding hydrogens is 566 g/mol. The van der Waals surface area contributed by atoms with Gasteiger partial charge in [-0.2, -0.15) is 13.2 Å². The Hall–Kier alpha value is -3.00. The number of nitrogens with one attached hydrogen (secondary N) is 3. The second-order valence-electron chi connectivity index (χ2n) is 11.5. The predicted octanol–water partition coefficient (Wildman–Crippen LogP) is 5.57. The molecule has 3 saturated carbocycles. The molecule has 0 aliphatic heterocycles. The van der Waals surface area contributed by atoms with Crippen molar-refractivity contribution in [3.05, 3.63) is 23.7 Å². The number of alkyl halides is 8. The van der Waals surface area contributed by atoms with Crippen LogP contribution in [-0.2, 0) is 15.0 Å². The summed E-state index contributed by atoms with van der Waals surface area (Å²) in [4.78, 5) is 37.3. The van der Waals surface area contributed by atoms with Crippen molar-refractivity contribution >= 4 is 23.0 Å². The van der Waals surface area contributed by atoms with E-state index in [2.05, 4.69) is 20.3 Å². The first kappa shape index (κ1) is 29.5. The number of amides is 2. The van der Waals surface area contributed by atoms with E-state index in [4.69, 9.17) is 0 Å². The Kier molecular flexibility index (Phi) is 7.24. The van der Waals surface area contributed by atoms with Gasteiger partial charge in [0, 0.05) is 25.7 Å². The van der Waals surface area contributed by atoms with Crippen molar-refractivity contribution in [1.29, 1.82) is 0 Å². The van der Waals surface area contributed by atoms with Gasteiger partial charge < -0.3 is 15.6 Å². The molecule has 3 fully saturated rings. The van der Waals surface area contributed by atoms with Crippen molar-refractivity contribution in [3.8, 4) is 0 Å². The van der Waals surface area contributed by atoms with Crippen LogP contribution in [0.5, 0.6) is 0 Å². The van der Waals surface area contributed by atoms with Crippen molar-refractivity contribution in [2.75, 3.05) is 6.54 Å². The van der Waals surface area contributed by atoms with E-state index in [0.717, 1.165) is 0 Å². The summed E-state index contributed by atoms with van der Waals surface area (Å²) in [7, 11) is 0. The third-order valence-electron chi connectivity index (χ3n) is 8.48. The second-order valence-corrected chi connectivity index (χ2v) is 11.5. The Bertz CT molecular complexity index is 1300. The molecule has 3 aliphatic carbocycles. The summed E-state index contributed by atoms with van der Waals surface area (Å²) in [5, 5.41) is 4.40. The Morgan fingerprint density at radius 3 is 2.07 bits per heavy atom. The monoisotopic (exact) mass is 595 g/mol. The van der Waals surface area contributed by atoms with Crippen LogP contribution in [0.2, 0.25) is 0 Å². The molecule has 0 unspecified atom stereocenters. The minimum atomic E-state index is -4.72. The van der Waals surface area contributed by atoms with E-state index in [1.165, 1.54) is 12.1 Å². The first-order valence-corrected chi connectivity index (χ1v) is 13.5. The quantitative estimate of drug-likeness (QED) is 0.365. The van der Waals surface area contributed by atoms with Crippen LogP contribution in [0.25, 0.3) is 11.2 Å². The van der Waals surface area contributed by atoms with Gasteiger partial charge in [0.05, 0.1) is 22.7 Å². The molecule has 1 atom stereocenters. The van der Waals surface area contributed by atoms with Gasteiger partial charge in [-0.05, 0) is 56.6 Å². The molecule has 41 heavy (non-hydrogen) atoms. The largest absolute Gasteiger partial charge is 0.405 e. The number of fused-ring (bicyclic) bond motifs is 1. The number of pyridine rings is 1. The van der Waals surface area contributed by atoms with Crippen LogP contribution >= 0.6 is 0 Å². The molecule has 0 radical (unpaired) electrons. The van der Waals surface area contributed by atoms with Crippen LogP contribution in [-0.4, -0.2) is 57.0 Å². The number of carbonyl (C=O) groups excluding carboxylic acids is 2. The summed E-state index contributed by atoms with van der Waals surface area (Å²) in [5.41, 5.74) is -3.57. The number of aromatic amines is 1. The first-order chi connectivity index (χ1) is 19.0. The number of hydrogen-bond donors (Lipinski definition) is 3. The van der Waals surface area contributed by atoms with Crippen LogP contribution in [0.15, 0.2) is 12.1 Å². The highest BCUT2D eigenvalue weighted by Crippen LogP contribution is 2.46. The molecule has 2 aromatic heterocycles. The van der Waals surface area contributed by atoms with Gasteiger partial charge in [-0.25, -0.2) is 31.9 Å². The van der Waals surface area contributed by atoms with Crippen LogP contribution in [0, 0.1) is 5.92 Å². The van der Waals surface area contributed by atoms with Gasteiger partial charge in [-0.1, -0.05) is 0 Å². The molecule has 7 nitrogen and oxygen atoms in total. The van der Waals surface area contributed by atoms with E-state index < -0.39 is 97.9 Å². The lowest BCUT2D eigenvalue weighted by molar-refractivity contribution is -0.145. The van der Waals surface area contributed by atoms with Crippen molar-refractivity contribution in [1.82, 2.24) is 25.6 Å². The van der Waals surface area contributed by atoms with Crippen molar-refractivity contribution in [2.45, 2.75) is 99.4 Å². The Morgan fingerprint density at radius 1 is 0.878 bits per heavy atom. The van der Waals surface area contributed by atoms with Crippen LogP contribution in [0.3, 0.4) is 0 Å². The Balaban J connectivity index is 1.47. The number of carbonyl (C=O) groups is 2. The van der Waals surface area contributed by atoms with Gasteiger partial charge >= 0.3 is 6.18 Å². The summed E-state index contributed by atoms with van der Waals surface area (Å²) in [6.07, 6.45) is -7.79. The molecular formula is C26H29F8N5O2. The van der Waals surface area contributed by atoms with E-state index in [9.17, 15) is 44.7 Å². The molecule has 0 spiro atoms. The smallest absolute Gasteiger partial charge is 0.346 e. The molecule has 2 amide bonds. The lowest BCUT2D eigenvalue weighted by atomic mass is 9.69. The predicted molar refractivity (Wildman–Crippen MR) is 129 cm³/mol. The van der Waals surface area contributed by atoms with E-state index in [1.807, 2.05) is 0 Å².